The maximum Gasteiger partial charge on any atom is 0.224 e. The molecule has 0 saturated carbocycles. The summed E-state index contributed by atoms with van der Waals surface area (Å²) in [6.07, 6.45) is 2.68. The number of fused-ring (bicyclic) bond motifs is 1. The number of nitrogens with zero attached hydrogens (tertiary/aromatic N) is 3. The largest absolute Gasteiger partial charge is 0.346 e. The van der Waals surface area contributed by atoms with Gasteiger partial charge in [0.25, 0.3) is 0 Å². The van der Waals surface area contributed by atoms with Crippen LogP contribution < -0.4 is 11.1 Å². The lowest BCUT2D eigenvalue weighted by molar-refractivity contribution is -0.125. The van der Waals surface area contributed by atoms with Gasteiger partial charge in [0.1, 0.15) is 0 Å². The molecular formula is C15H23N5O. The zero-order chi connectivity index (χ0) is 15.4. The summed E-state index contributed by atoms with van der Waals surface area (Å²) in [5.74, 6) is 0.978. The Morgan fingerprint density at radius 1 is 1.33 bits per heavy atom. The molecule has 0 aliphatic rings. The van der Waals surface area contributed by atoms with E-state index in [1.165, 1.54) is 0 Å². The maximum atomic E-state index is 12.3. The summed E-state index contributed by atoms with van der Waals surface area (Å²) in [5.41, 5.74) is 6.48. The minimum atomic E-state index is -0.212. The van der Waals surface area contributed by atoms with Crippen LogP contribution in [0, 0.1) is 11.8 Å². The highest BCUT2D eigenvalue weighted by Gasteiger charge is 2.22. The predicted molar refractivity (Wildman–Crippen MR) is 81.5 cm³/mol. The van der Waals surface area contributed by atoms with Gasteiger partial charge in [0.15, 0.2) is 11.5 Å². The van der Waals surface area contributed by atoms with Crippen LogP contribution in [0.5, 0.6) is 0 Å². The van der Waals surface area contributed by atoms with Gasteiger partial charge in [-0.15, -0.1) is 10.2 Å². The number of amides is 1. The Labute approximate surface area is 124 Å². The van der Waals surface area contributed by atoms with E-state index in [1.54, 1.807) is 0 Å². The van der Waals surface area contributed by atoms with E-state index in [2.05, 4.69) is 29.4 Å². The van der Waals surface area contributed by atoms with E-state index in [4.69, 9.17) is 5.73 Å². The van der Waals surface area contributed by atoms with Crippen LogP contribution in [0.25, 0.3) is 5.65 Å². The van der Waals surface area contributed by atoms with Crippen LogP contribution in [-0.4, -0.2) is 27.0 Å². The van der Waals surface area contributed by atoms with Crippen molar-refractivity contribution in [3.8, 4) is 0 Å². The number of nitrogens with two attached hydrogens (primary N) is 1. The van der Waals surface area contributed by atoms with E-state index in [-0.39, 0.29) is 17.9 Å². The highest BCUT2D eigenvalue weighted by atomic mass is 16.2. The normalized spacial score (nSPS) is 14.3. The molecule has 6 nitrogen and oxygen atoms in total. The third-order valence-electron chi connectivity index (χ3n) is 3.50. The number of pyridine rings is 1. The average Bonchev–Trinajstić information content (AvgIpc) is 2.88. The lowest BCUT2D eigenvalue weighted by atomic mass is 9.96. The molecule has 2 aromatic heterocycles. The molecule has 2 unspecified atom stereocenters. The van der Waals surface area contributed by atoms with Gasteiger partial charge in [0.05, 0.1) is 12.0 Å². The van der Waals surface area contributed by atoms with Crippen LogP contribution >= 0.6 is 0 Å². The molecule has 2 atom stereocenters. The van der Waals surface area contributed by atoms with Crippen LogP contribution in [0.3, 0.4) is 0 Å². The van der Waals surface area contributed by atoms with Gasteiger partial charge in [-0.25, -0.2) is 0 Å². The quantitative estimate of drug-likeness (QED) is 0.844. The van der Waals surface area contributed by atoms with Crippen LogP contribution in [-0.2, 0) is 4.79 Å². The minimum Gasteiger partial charge on any atom is -0.346 e. The first-order chi connectivity index (χ1) is 10.0. The third-order valence-corrected chi connectivity index (χ3v) is 3.50. The van der Waals surface area contributed by atoms with Crippen molar-refractivity contribution in [3.63, 3.8) is 0 Å². The van der Waals surface area contributed by atoms with E-state index in [0.29, 0.717) is 12.5 Å². The van der Waals surface area contributed by atoms with Crippen molar-refractivity contribution in [2.24, 2.45) is 17.6 Å². The number of rotatable bonds is 6. The van der Waals surface area contributed by atoms with Crippen molar-refractivity contribution >= 4 is 11.6 Å². The number of nitrogens with one attached hydrogen (secondary N) is 1. The Kier molecular flexibility index (Phi) is 4.90. The molecule has 0 aromatic carbocycles. The number of carbonyl (C=O) groups excluding carboxylic acids is 1. The average molecular weight is 289 g/mol. The zero-order valence-electron chi connectivity index (χ0n) is 12.8. The lowest BCUT2D eigenvalue weighted by Crippen LogP contribution is -2.37. The smallest absolute Gasteiger partial charge is 0.224 e. The number of aromatic nitrogens is 3. The molecule has 6 heteroatoms. The summed E-state index contributed by atoms with van der Waals surface area (Å²) < 4.78 is 1.88. The van der Waals surface area contributed by atoms with Gasteiger partial charge < -0.3 is 11.1 Å². The molecule has 0 radical (unpaired) electrons. The molecule has 0 spiro atoms. The second-order valence-electron chi connectivity index (χ2n) is 5.78. The molecule has 114 valence electrons. The SMILES string of the molecule is CC(C)CC(CN)C(=O)NC(C)c1nnc2ccccn12. The first kappa shape index (κ1) is 15.4. The zero-order valence-corrected chi connectivity index (χ0v) is 12.8. The summed E-state index contributed by atoms with van der Waals surface area (Å²) in [6.45, 7) is 6.44. The Morgan fingerprint density at radius 2 is 2.10 bits per heavy atom. The maximum absolute atomic E-state index is 12.3. The fraction of sp³-hybridized carbons (Fsp3) is 0.533. The van der Waals surface area contributed by atoms with Gasteiger partial charge in [0, 0.05) is 12.7 Å². The molecule has 0 aliphatic heterocycles. The second-order valence-corrected chi connectivity index (χ2v) is 5.78. The molecule has 0 aliphatic carbocycles. The number of hydrogen-bond donors (Lipinski definition) is 2. The molecule has 0 bridgehead atoms. The van der Waals surface area contributed by atoms with E-state index < -0.39 is 0 Å². The Hall–Kier alpha value is -1.95. The van der Waals surface area contributed by atoms with Crippen molar-refractivity contribution in [2.75, 3.05) is 6.54 Å². The minimum absolute atomic E-state index is 0.0219. The van der Waals surface area contributed by atoms with E-state index in [9.17, 15) is 4.79 Å². The molecule has 3 N–H and O–H groups in total. The first-order valence-electron chi connectivity index (χ1n) is 7.33. The van der Waals surface area contributed by atoms with Crippen molar-refractivity contribution in [2.45, 2.75) is 33.2 Å². The highest BCUT2D eigenvalue weighted by Crippen LogP contribution is 2.15. The summed E-state index contributed by atoms with van der Waals surface area (Å²) in [7, 11) is 0. The molecule has 2 rings (SSSR count). The Balaban J connectivity index is 2.10. The lowest BCUT2D eigenvalue weighted by Gasteiger charge is -2.19. The van der Waals surface area contributed by atoms with Crippen molar-refractivity contribution in [1.29, 1.82) is 0 Å². The van der Waals surface area contributed by atoms with Gasteiger partial charge >= 0.3 is 0 Å². The Morgan fingerprint density at radius 3 is 2.76 bits per heavy atom. The molecule has 2 aromatic rings. The van der Waals surface area contributed by atoms with Crippen LogP contribution in [0.1, 0.15) is 39.1 Å². The Bertz CT molecular complexity index is 607. The highest BCUT2D eigenvalue weighted by molar-refractivity contribution is 5.79. The monoisotopic (exact) mass is 289 g/mol. The van der Waals surface area contributed by atoms with Gasteiger partial charge in [-0.2, -0.15) is 0 Å². The van der Waals surface area contributed by atoms with Gasteiger partial charge in [-0.05, 0) is 31.4 Å². The van der Waals surface area contributed by atoms with Crippen LogP contribution in [0.4, 0.5) is 0 Å². The van der Waals surface area contributed by atoms with Crippen LogP contribution in [0.15, 0.2) is 24.4 Å². The summed E-state index contributed by atoms with van der Waals surface area (Å²) in [5, 5.41) is 11.2. The van der Waals surface area contributed by atoms with E-state index in [1.807, 2.05) is 35.7 Å². The third kappa shape index (κ3) is 3.58. The summed E-state index contributed by atoms with van der Waals surface area (Å²) in [6, 6.07) is 5.49. The van der Waals surface area contributed by atoms with Crippen LogP contribution in [0.2, 0.25) is 0 Å². The molecular weight excluding hydrogens is 266 g/mol. The second kappa shape index (κ2) is 6.67. The van der Waals surface area contributed by atoms with Crippen molar-refractivity contribution in [3.05, 3.63) is 30.2 Å². The van der Waals surface area contributed by atoms with Crippen molar-refractivity contribution < 1.29 is 4.79 Å². The summed E-state index contributed by atoms with van der Waals surface area (Å²) in [4.78, 5) is 12.3. The first-order valence-corrected chi connectivity index (χ1v) is 7.33. The topological polar surface area (TPSA) is 85.3 Å². The predicted octanol–water partition coefficient (Wildman–Crippen LogP) is 1.53. The summed E-state index contributed by atoms with van der Waals surface area (Å²) >= 11 is 0. The molecule has 2 heterocycles. The number of hydrogen-bond acceptors (Lipinski definition) is 4. The molecule has 21 heavy (non-hydrogen) atoms. The molecule has 0 saturated heterocycles. The standard InChI is InChI=1S/C15H23N5O/c1-10(2)8-12(9-16)15(21)17-11(3)14-19-18-13-6-4-5-7-20(13)14/h4-7,10-12H,8-9,16H2,1-3H3,(H,17,21). The fourth-order valence-electron chi connectivity index (χ4n) is 2.43. The van der Waals surface area contributed by atoms with E-state index >= 15 is 0 Å². The van der Waals surface area contributed by atoms with Gasteiger partial charge in [-0.1, -0.05) is 19.9 Å². The molecule has 0 fully saturated rings. The van der Waals surface area contributed by atoms with Crippen molar-refractivity contribution in [1.82, 2.24) is 19.9 Å². The van der Waals surface area contributed by atoms with Gasteiger partial charge in [-0.3, -0.25) is 9.20 Å². The number of carbonyl (C=O) groups is 1. The van der Waals surface area contributed by atoms with E-state index in [0.717, 1.165) is 17.9 Å². The molecule has 1 amide bonds. The fourth-order valence-corrected chi connectivity index (χ4v) is 2.43. The van der Waals surface area contributed by atoms with Gasteiger partial charge in [0.2, 0.25) is 5.91 Å².